The van der Waals surface area contributed by atoms with Gasteiger partial charge in [0.1, 0.15) is 0 Å². The standard InChI is InChI=1S/C12H13NO2/c1-7-5-10-6-9(8(2)12(14)15)3-4-11(10)13-7/h3-6,8,13H,1-2H3,(H,14,15). The molecule has 1 aromatic heterocycles. The minimum absolute atomic E-state index is 0.454. The highest BCUT2D eigenvalue weighted by Gasteiger charge is 2.13. The molecule has 0 spiro atoms. The summed E-state index contributed by atoms with van der Waals surface area (Å²) >= 11 is 0. The predicted molar refractivity (Wildman–Crippen MR) is 59.1 cm³/mol. The van der Waals surface area contributed by atoms with Crippen LogP contribution in [-0.4, -0.2) is 16.1 Å². The molecule has 3 nitrogen and oxygen atoms in total. The summed E-state index contributed by atoms with van der Waals surface area (Å²) in [4.78, 5) is 14.0. The number of benzene rings is 1. The normalized spacial score (nSPS) is 12.9. The van der Waals surface area contributed by atoms with Crippen molar-refractivity contribution in [2.75, 3.05) is 0 Å². The Hall–Kier alpha value is -1.77. The topological polar surface area (TPSA) is 53.1 Å². The van der Waals surface area contributed by atoms with Gasteiger partial charge >= 0.3 is 5.97 Å². The van der Waals surface area contributed by atoms with Crippen LogP contribution < -0.4 is 0 Å². The van der Waals surface area contributed by atoms with E-state index in [1.807, 2.05) is 31.2 Å². The molecule has 15 heavy (non-hydrogen) atoms. The molecule has 1 aromatic carbocycles. The van der Waals surface area contributed by atoms with Gasteiger partial charge in [-0.25, -0.2) is 0 Å². The molecule has 0 bridgehead atoms. The zero-order valence-corrected chi connectivity index (χ0v) is 8.74. The van der Waals surface area contributed by atoms with Crippen molar-refractivity contribution in [3.63, 3.8) is 0 Å². The van der Waals surface area contributed by atoms with Crippen LogP contribution in [0.1, 0.15) is 24.1 Å². The van der Waals surface area contributed by atoms with Crippen molar-refractivity contribution in [2.24, 2.45) is 0 Å². The molecule has 2 N–H and O–H groups in total. The highest BCUT2D eigenvalue weighted by atomic mass is 16.4. The van der Waals surface area contributed by atoms with Crippen molar-refractivity contribution in [1.82, 2.24) is 4.98 Å². The zero-order valence-electron chi connectivity index (χ0n) is 8.74. The fourth-order valence-electron chi connectivity index (χ4n) is 1.71. The second-order valence-electron chi connectivity index (χ2n) is 3.86. The summed E-state index contributed by atoms with van der Waals surface area (Å²) in [6.45, 7) is 3.68. The maximum absolute atomic E-state index is 10.8. The van der Waals surface area contributed by atoms with Crippen LogP contribution in [0.15, 0.2) is 24.3 Å². The lowest BCUT2D eigenvalue weighted by Crippen LogP contribution is -2.06. The van der Waals surface area contributed by atoms with Gasteiger partial charge in [0.05, 0.1) is 5.92 Å². The molecule has 2 aromatic rings. The molecule has 0 radical (unpaired) electrons. The van der Waals surface area contributed by atoms with Crippen molar-refractivity contribution in [3.05, 3.63) is 35.5 Å². The molecule has 0 amide bonds. The molecule has 3 heteroatoms. The maximum atomic E-state index is 10.8. The first kappa shape index (κ1) is 9.77. The number of aromatic nitrogens is 1. The van der Waals surface area contributed by atoms with E-state index >= 15 is 0 Å². The Morgan fingerprint density at radius 1 is 1.40 bits per heavy atom. The number of hydrogen-bond acceptors (Lipinski definition) is 1. The molecular formula is C12H13NO2. The molecule has 0 aliphatic carbocycles. The summed E-state index contributed by atoms with van der Waals surface area (Å²) in [5.74, 6) is -1.24. The van der Waals surface area contributed by atoms with Gasteiger partial charge in [0, 0.05) is 11.2 Å². The first-order valence-corrected chi connectivity index (χ1v) is 4.90. The predicted octanol–water partition coefficient (Wildman–Crippen LogP) is 2.66. The second kappa shape index (κ2) is 3.42. The van der Waals surface area contributed by atoms with Crippen LogP contribution in [0, 0.1) is 6.92 Å². The molecule has 1 atom stereocenters. The summed E-state index contributed by atoms with van der Waals surface area (Å²) in [5, 5.41) is 9.97. The lowest BCUT2D eigenvalue weighted by Gasteiger charge is -2.05. The number of hydrogen-bond donors (Lipinski definition) is 2. The highest BCUT2D eigenvalue weighted by molar-refractivity contribution is 5.83. The number of carboxylic acid groups (broad SMARTS) is 1. The van der Waals surface area contributed by atoms with Gasteiger partial charge in [-0.2, -0.15) is 0 Å². The molecule has 78 valence electrons. The number of aliphatic carboxylic acids is 1. The number of aryl methyl sites for hydroxylation is 1. The van der Waals surface area contributed by atoms with Crippen molar-refractivity contribution in [1.29, 1.82) is 0 Å². The second-order valence-corrected chi connectivity index (χ2v) is 3.86. The van der Waals surface area contributed by atoms with Crippen LogP contribution in [0.4, 0.5) is 0 Å². The molecule has 0 saturated carbocycles. The Labute approximate surface area is 87.7 Å². The fourth-order valence-corrected chi connectivity index (χ4v) is 1.71. The fraction of sp³-hybridized carbons (Fsp3) is 0.250. The third kappa shape index (κ3) is 1.73. The molecule has 0 aliphatic heterocycles. The number of H-pyrrole nitrogens is 1. The maximum Gasteiger partial charge on any atom is 0.310 e. The van der Waals surface area contributed by atoms with Gasteiger partial charge in [-0.05, 0) is 43.0 Å². The van der Waals surface area contributed by atoms with Crippen molar-refractivity contribution < 1.29 is 9.90 Å². The number of aromatic amines is 1. The third-order valence-electron chi connectivity index (χ3n) is 2.65. The zero-order chi connectivity index (χ0) is 11.0. The SMILES string of the molecule is Cc1cc2cc(C(C)C(=O)O)ccc2[nH]1. The van der Waals surface area contributed by atoms with Crippen LogP contribution in [0.2, 0.25) is 0 Å². The van der Waals surface area contributed by atoms with Crippen molar-refractivity contribution in [2.45, 2.75) is 19.8 Å². The van der Waals surface area contributed by atoms with Gasteiger partial charge < -0.3 is 10.1 Å². The minimum atomic E-state index is -0.790. The van der Waals surface area contributed by atoms with E-state index in [2.05, 4.69) is 4.98 Å². The number of rotatable bonds is 2. The van der Waals surface area contributed by atoms with E-state index < -0.39 is 11.9 Å². The Kier molecular flexibility index (Phi) is 2.23. The Bertz CT molecular complexity index is 513. The van der Waals surface area contributed by atoms with E-state index in [0.29, 0.717) is 0 Å². The first-order chi connectivity index (χ1) is 7.08. The van der Waals surface area contributed by atoms with E-state index in [1.165, 1.54) is 0 Å². The number of carbonyl (C=O) groups is 1. The minimum Gasteiger partial charge on any atom is -0.481 e. The summed E-state index contributed by atoms with van der Waals surface area (Å²) in [6, 6.07) is 7.74. The van der Waals surface area contributed by atoms with E-state index in [-0.39, 0.29) is 0 Å². The molecule has 1 unspecified atom stereocenters. The first-order valence-electron chi connectivity index (χ1n) is 4.90. The Balaban J connectivity index is 2.50. The average molecular weight is 203 g/mol. The summed E-state index contributed by atoms with van der Waals surface area (Å²) in [5.41, 5.74) is 2.98. The van der Waals surface area contributed by atoms with Crippen LogP contribution in [-0.2, 0) is 4.79 Å². The van der Waals surface area contributed by atoms with E-state index in [0.717, 1.165) is 22.2 Å². The largest absolute Gasteiger partial charge is 0.481 e. The summed E-state index contributed by atoms with van der Waals surface area (Å²) in [7, 11) is 0. The highest BCUT2D eigenvalue weighted by Crippen LogP contribution is 2.22. The van der Waals surface area contributed by atoms with Crippen LogP contribution in [0.25, 0.3) is 10.9 Å². The molecule has 0 fully saturated rings. The van der Waals surface area contributed by atoms with E-state index in [1.54, 1.807) is 6.92 Å². The molecule has 2 rings (SSSR count). The lowest BCUT2D eigenvalue weighted by atomic mass is 10.0. The molecule has 0 saturated heterocycles. The van der Waals surface area contributed by atoms with Crippen molar-refractivity contribution in [3.8, 4) is 0 Å². The van der Waals surface area contributed by atoms with Crippen LogP contribution in [0.3, 0.4) is 0 Å². The van der Waals surface area contributed by atoms with Gasteiger partial charge in [0.25, 0.3) is 0 Å². The van der Waals surface area contributed by atoms with Crippen LogP contribution in [0.5, 0.6) is 0 Å². The van der Waals surface area contributed by atoms with Crippen LogP contribution >= 0.6 is 0 Å². The number of carboxylic acids is 1. The van der Waals surface area contributed by atoms with Gasteiger partial charge in [-0.15, -0.1) is 0 Å². The summed E-state index contributed by atoms with van der Waals surface area (Å²) in [6.07, 6.45) is 0. The van der Waals surface area contributed by atoms with Crippen molar-refractivity contribution >= 4 is 16.9 Å². The Morgan fingerprint density at radius 2 is 2.13 bits per heavy atom. The lowest BCUT2D eigenvalue weighted by molar-refractivity contribution is -0.138. The quantitative estimate of drug-likeness (QED) is 0.788. The molecule has 0 aliphatic rings. The van der Waals surface area contributed by atoms with Gasteiger partial charge in [-0.1, -0.05) is 6.07 Å². The smallest absolute Gasteiger partial charge is 0.310 e. The van der Waals surface area contributed by atoms with E-state index in [9.17, 15) is 4.79 Å². The van der Waals surface area contributed by atoms with Gasteiger partial charge in [-0.3, -0.25) is 4.79 Å². The Morgan fingerprint density at radius 3 is 2.80 bits per heavy atom. The molecular weight excluding hydrogens is 190 g/mol. The number of fused-ring (bicyclic) bond motifs is 1. The number of nitrogens with one attached hydrogen (secondary N) is 1. The van der Waals surface area contributed by atoms with Gasteiger partial charge in [0.15, 0.2) is 0 Å². The summed E-state index contributed by atoms with van der Waals surface area (Å²) < 4.78 is 0. The molecule has 1 heterocycles. The van der Waals surface area contributed by atoms with E-state index in [4.69, 9.17) is 5.11 Å². The third-order valence-corrected chi connectivity index (χ3v) is 2.65. The monoisotopic (exact) mass is 203 g/mol. The average Bonchev–Trinajstić information content (AvgIpc) is 2.55. The van der Waals surface area contributed by atoms with Gasteiger partial charge in [0.2, 0.25) is 0 Å².